The minimum absolute atomic E-state index is 0.144. The first-order chi connectivity index (χ1) is 8.66. The van der Waals surface area contributed by atoms with Gasteiger partial charge in [-0.2, -0.15) is 0 Å². The second-order valence-electron chi connectivity index (χ2n) is 5.38. The first-order valence-corrected chi connectivity index (χ1v) is 6.71. The number of amides is 1. The fourth-order valence-corrected chi connectivity index (χ4v) is 2.15. The van der Waals surface area contributed by atoms with E-state index in [9.17, 15) is 4.79 Å². The van der Waals surface area contributed by atoms with Gasteiger partial charge in [-0.3, -0.25) is 4.79 Å². The largest absolute Gasteiger partial charge is 0.353 e. The normalized spacial score (nSPS) is 18.1. The highest BCUT2D eigenvalue weighted by molar-refractivity contribution is 5.85. The van der Waals surface area contributed by atoms with E-state index >= 15 is 0 Å². The Morgan fingerprint density at radius 3 is 2.61 bits per heavy atom. The molecule has 0 bridgehead atoms. The van der Waals surface area contributed by atoms with Crippen molar-refractivity contribution in [3.8, 4) is 0 Å². The quantitative estimate of drug-likeness (QED) is 0.805. The molecule has 1 saturated carbocycles. The van der Waals surface area contributed by atoms with Gasteiger partial charge in [-0.15, -0.1) is 0 Å². The lowest BCUT2D eigenvalue weighted by atomic mass is 10.0. The molecule has 1 aromatic rings. The van der Waals surface area contributed by atoms with Crippen LogP contribution in [-0.2, 0) is 11.2 Å². The average molecular weight is 246 g/mol. The van der Waals surface area contributed by atoms with Crippen LogP contribution in [0.5, 0.6) is 0 Å². The van der Waals surface area contributed by atoms with Gasteiger partial charge in [-0.05, 0) is 38.2 Å². The van der Waals surface area contributed by atoms with Crippen LogP contribution in [0.2, 0.25) is 0 Å². The second-order valence-corrected chi connectivity index (χ2v) is 5.38. The van der Waals surface area contributed by atoms with Crippen molar-refractivity contribution < 1.29 is 4.79 Å². The maximum absolute atomic E-state index is 12.0. The van der Waals surface area contributed by atoms with Gasteiger partial charge in [-0.1, -0.05) is 30.3 Å². The lowest BCUT2D eigenvalue weighted by Gasteiger charge is -2.18. The van der Waals surface area contributed by atoms with Gasteiger partial charge in [0.1, 0.15) is 0 Å². The Bertz CT molecular complexity index is 398. The summed E-state index contributed by atoms with van der Waals surface area (Å²) in [5.41, 5.74) is 6.73. The van der Waals surface area contributed by atoms with E-state index in [1.807, 2.05) is 18.2 Å². The number of carbonyl (C=O) groups is 1. The Morgan fingerprint density at radius 2 is 2.06 bits per heavy atom. The number of nitrogens with one attached hydrogen (secondary N) is 1. The Balaban J connectivity index is 1.76. The van der Waals surface area contributed by atoms with Gasteiger partial charge in [0, 0.05) is 12.6 Å². The number of aryl methyl sites for hydroxylation is 1. The van der Waals surface area contributed by atoms with Crippen molar-refractivity contribution in [1.29, 1.82) is 0 Å². The van der Waals surface area contributed by atoms with Crippen molar-refractivity contribution in [2.24, 2.45) is 11.1 Å². The van der Waals surface area contributed by atoms with E-state index in [0.29, 0.717) is 6.54 Å². The third-order valence-electron chi connectivity index (χ3n) is 3.81. The summed E-state index contributed by atoms with van der Waals surface area (Å²) in [6.45, 7) is 2.54. The highest BCUT2D eigenvalue weighted by atomic mass is 16.2. The van der Waals surface area contributed by atoms with Crippen molar-refractivity contribution in [3.63, 3.8) is 0 Å². The number of hydrogen-bond acceptors (Lipinski definition) is 2. The molecule has 0 heterocycles. The Hall–Kier alpha value is -1.35. The van der Waals surface area contributed by atoms with E-state index in [2.05, 4.69) is 24.4 Å². The molecule has 3 heteroatoms. The summed E-state index contributed by atoms with van der Waals surface area (Å²) in [6, 6.07) is 10.6. The summed E-state index contributed by atoms with van der Waals surface area (Å²) in [5.74, 6) is 0.144. The zero-order valence-corrected chi connectivity index (χ0v) is 11.0. The molecule has 3 nitrogen and oxygen atoms in total. The molecule has 0 radical (unpaired) electrons. The molecular weight excluding hydrogens is 224 g/mol. The van der Waals surface area contributed by atoms with Gasteiger partial charge in [0.05, 0.1) is 5.41 Å². The zero-order chi connectivity index (χ0) is 13.0. The van der Waals surface area contributed by atoms with E-state index < -0.39 is 0 Å². The molecule has 0 spiro atoms. The molecular formula is C15H22N2O. The molecule has 2 rings (SSSR count). The molecule has 1 aromatic carbocycles. The Kier molecular flexibility index (Phi) is 4.02. The summed E-state index contributed by atoms with van der Waals surface area (Å²) in [5, 5.41) is 3.08. The van der Waals surface area contributed by atoms with Crippen LogP contribution in [0, 0.1) is 5.41 Å². The van der Waals surface area contributed by atoms with Crippen LogP contribution >= 0.6 is 0 Å². The molecule has 0 saturated heterocycles. The van der Waals surface area contributed by atoms with Crippen LogP contribution in [0.1, 0.15) is 31.7 Å². The summed E-state index contributed by atoms with van der Waals surface area (Å²) in [7, 11) is 0. The fraction of sp³-hybridized carbons (Fsp3) is 0.533. The van der Waals surface area contributed by atoms with Crippen molar-refractivity contribution >= 4 is 5.91 Å². The van der Waals surface area contributed by atoms with Gasteiger partial charge in [-0.25, -0.2) is 0 Å². The minimum atomic E-state index is -0.235. The Morgan fingerprint density at radius 1 is 1.39 bits per heavy atom. The number of benzene rings is 1. The van der Waals surface area contributed by atoms with Crippen LogP contribution in [-0.4, -0.2) is 18.5 Å². The molecule has 3 N–H and O–H groups in total. The molecule has 1 atom stereocenters. The molecule has 1 amide bonds. The van der Waals surface area contributed by atoms with Crippen molar-refractivity contribution in [2.75, 3.05) is 6.54 Å². The maximum Gasteiger partial charge on any atom is 0.227 e. The topological polar surface area (TPSA) is 55.1 Å². The highest BCUT2D eigenvalue weighted by Gasteiger charge is 2.48. The maximum atomic E-state index is 12.0. The van der Waals surface area contributed by atoms with E-state index in [1.54, 1.807) is 0 Å². The SMILES string of the molecule is CC(CCc1ccccc1)NC(=O)C1(CN)CC1. The predicted octanol–water partition coefficient (Wildman–Crippen LogP) is 1.86. The van der Waals surface area contributed by atoms with Gasteiger partial charge in [0.2, 0.25) is 5.91 Å². The summed E-state index contributed by atoms with van der Waals surface area (Å²) >= 11 is 0. The standard InChI is InChI=1S/C15H22N2O/c1-12(7-8-13-5-3-2-4-6-13)17-14(18)15(11-16)9-10-15/h2-6,12H,7-11,16H2,1H3,(H,17,18). The summed E-state index contributed by atoms with van der Waals surface area (Å²) in [4.78, 5) is 12.0. The fourth-order valence-electron chi connectivity index (χ4n) is 2.15. The monoisotopic (exact) mass is 246 g/mol. The van der Waals surface area contributed by atoms with Crippen LogP contribution in [0.3, 0.4) is 0 Å². The van der Waals surface area contributed by atoms with Crippen molar-refractivity contribution in [1.82, 2.24) is 5.32 Å². The lowest BCUT2D eigenvalue weighted by Crippen LogP contribution is -2.41. The van der Waals surface area contributed by atoms with Gasteiger partial charge < -0.3 is 11.1 Å². The summed E-state index contributed by atoms with van der Waals surface area (Å²) in [6.07, 6.45) is 3.86. The zero-order valence-electron chi connectivity index (χ0n) is 11.0. The molecule has 1 unspecified atom stereocenters. The number of nitrogens with two attached hydrogens (primary N) is 1. The van der Waals surface area contributed by atoms with E-state index in [1.165, 1.54) is 5.56 Å². The van der Waals surface area contributed by atoms with Crippen LogP contribution in [0.4, 0.5) is 0 Å². The number of rotatable bonds is 6. The summed E-state index contributed by atoms with van der Waals surface area (Å²) < 4.78 is 0. The van der Waals surface area contributed by atoms with Crippen LogP contribution < -0.4 is 11.1 Å². The number of hydrogen-bond donors (Lipinski definition) is 2. The van der Waals surface area contributed by atoms with Gasteiger partial charge in [0.25, 0.3) is 0 Å². The Labute approximate surface area is 109 Å². The molecule has 1 fully saturated rings. The lowest BCUT2D eigenvalue weighted by molar-refractivity contribution is -0.126. The first kappa shape index (κ1) is 13.1. The molecule has 1 aliphatic rings. The third kappa shape index (κ3) is 3.10. The number of carbonyl (C=O) groups excluding carboxylic acids is 1. The highest BCUT2D eigenvalue weighted by Crippen LogP contribution is 2.44. The van der Waals surface area contributed by atoms with Crippen LogP contribution in [0.15, 0.2) is 30.3 Å². The van der Waals surface area contributed by atoms with E-state index in [4.69, 9.17) is 5.73 Å². The van der Waals surface area contributed by atoms with Gasteiger partial charge >= 0.3 is 0 Å². The van der Waals surface area contributed by atoms with Crippen LogP contribution in [0.25, 0.3) is 0 Å². The first-order valence-electron chi connectivity index (χ1n) is 6.71. The molecule has 1 aliphatic carbocycles. The molecule has 0 aliphatic heterocycles. The molecule has 0 aromatic heterocycles. The minimum Gasteiger partial charge on any atom is -0.353 e. The molecule has 18 heavy (non-hydrogen) atoms. The van der Waals surface area contributed by atoms with Gasteiger partial charge in [0.15, 0.2) is 0 Å². The van der Waals surface area contributed by atoms with Crippen molar-refractivity contribution in [3.05, 3.63) is 35.9 Å². The predicted molar refractivity (Wildman–Crippen MR) is 73.1 cm³/mol. The smallest absolute Gasteiger partial charge is 0.227 e. The van der Waals surface area contributed by atoms with Crippen molar-refractivity contribution in [2.45, 2.75) is 38.6 Å². The third-order valence-corrected chi connectivity index (χ3v) is 3.81. The average Bonchev–Trinajstić information content (AvgIpc) is 3.18. The molecule has 98 valence electrons. The second kappa shape index (κ2) is 5.53. The van der Waals surface area contributed by atoms with E-state index in [0.717, 1.165) is 25.7 Å². The van der Waals surface area contributed by atoms with E-state index in [-0.39, 0.29) is 17.4 Å².